The van der Waals surface area contributed by atoms with Crippen LogP contribution < -0.4 is 20.7 Å². The molecule has 1 atom stereocenters. The number of carbonyl (C=O) groups excluding carboxylic acids is 1. The second-order valence-corrected chi connectivity index (χ2v) is 11.4. The van der Waals surface area contributed by atoms with E-state index in [1.165, 1.54) is 40.5 Å². The van der Waals surface area contributed by atoms with Crippen LogP contribution in [-0.2, 0) is 32.3 Å². The smallest absolute Gasteiger partial charge is 0.248 e. The first-order chi connectivity index (χ1) is 21.9. The van der Waals surface area contributed by atoms with E-state index in [0.717, 1.165) is 42.2 Å². The van der Waals surface area contributed by atoms with Crippen LogP contribution in [0, 0.1) is 0 Å². The minimum absolute atomic E-state index is 0. The first-order valence-corrected chi connectivity index (χ1v) is 15.6. The van der Waals surface area contributed by atoms with Crippen LogP contribution in [0.5, 0.6) is 5.75 Å². The van der Waals surface area contributed by atoms with Gasteiger partial charge in [0.05, 0.1) is 17.5 Å². The Labute approximate surface area is 270 Å². The molecule has 0 fully saturated rings. The first-order valence-electron chi connectivity index (χ1n) is 15.6. The Morgan fingerprint density at radius 2 is 1.52 bits per heavy atom. The van der Waals surface area contributed by atoms with Gasteiger partial charge in [-0.3, -0.25) is 4.79 Å². The summed E-state index contributed by atoms with van der Waals surface area (Å²) in [5.41, 5.74) is 8.37. The number of aliphatic hydroxyl groups excluding tert-OH is 1. The highest BCUT2D eigenvalue weighted by molar-refractivity contribution is 5.88. The maximum Gasteiger partial charge on any atom is 0.248 e. The molecule has 0 radical (unpaired) electrons. The minimum Gasteiger partial charge on any atom is -0.545 e. The first kappa shape index (κ1) is 34.2. The van der Waals surface area contributed by atoms with Crippen molar-refractivity contribution in [1.82, 2.24) is 4.98 Å². The summed E-state index contributed by atoms with van der Waals surface area (Å²) in [7, 11) is 0. The second-order valence-electron chi connectivity index (χ2n) is 11.4. The number of aryl methyl sites for hydroxylation is 2. The molecular formula is C39H44N2O5. The molecule has 6 rings (SSSR count). The average molecular weight is 621 g/mol. The number of ether oxygens (including phenoxy) is 1. The van der Waals surface area contributed by atoms with Crippen LogP contribution in [0.2, 0.25) is 0 Å². The normalized spacial score (nSPS) is 12.8. The van der Waals surface area contributed by atoms with Crippen molar-refractivity contribution in [2.24, 2.45) is 0 Å². The Kier molecular flexibility index (Phi) is 11.9. The van der Waals surface area contributed by atoms with Gasteiger partial charge in [0.1, 0.15) is 25.0 Å². The Balaban J connectivity index is 0.000000416. The van der Waals surface area contributed by atoms with Gasteiger partial charge < -0.3 is 30.0 Å². The number of aliphatic hydroxyl groups is 1. The number of H-pyrrole nitrogens is 1. The number of hydrogen-bond donors (Lipinski definition) is 3. The summed E-state index contributed by atoms with van der Waals surface area (Å²) in [5.74, 6) is -0.521. The molecule has 0 bridgehead atoms. The number of pyridine rings is 1. The van der Waals surface area contributed by atoms with Crippen molar-refractivity contribution in [2.45, 2.75) is 65.7 Å². The predicted molar refractivity (Wildman–Crippen MR) is 181 cm³/mol. The van der Waals surface area contributed by atoms with Crippen LogP contribution in [0.25, 0.3) is 10.9 Å². The molecule has 1 aliphatic carbocycles. The van der Waals surface area contributed by atoms with E-state index >= 15 is 0 Å². The standard InChI is InChI=1S/C31H34N2O3.C7H6O2.CH4/c1-3-21-14-23-16-25(17-24(23)15-22(21)4-2)32-18-28(34)26-10-12-29(31-27(26)11-13-30(35)33-31)36-19-20-8-6-5-7-9-20;8-7(9)6-4-2-1-3-5-6;/h5-15,25,28,32,34H,3-4,16-19H2,1-2H3,(H,33,35);1-5H,(H,8,9);1H4/t28-;;/m0../s1. The van der Waals surface area contributed by atoms with Gasteiger partial charge in [0, 0.05) is 24.3 Å². The highest BCUT2D eigenvalue weighted by atomic mass is 16.5. The molecule has 4 N–H and O–H groups in total. The topological polar surface area (TPSA) is 119 Å². The monoisotopic (exact) mass is 620 g/mol. The number of aromatic nitrogens is 1. The van der Waals surface area contributed by atoms with Gasteiger partial charge in [-0.1, -0.05) is 100 Å². The van der Waals surface area contributed by atoms with Gasteiger partial charge in [0.2, 0.25) is 5.56 Å². The Hall–Kier alpha value is -4.72. The van der Waals surface area contributed by atoms with E-state index in [1.54, 1.807) is 24.3 Å². The summed E-state index contributed by atoms with van der Waals surface area (Å²) in [6, 6.07) is 30.3. The van der Waals surface area contributed by atoms with Crippen molar-refractivity contribution in [3.05, 3.63) is 146 Å². The zero-order valence-corrected chi connectivity index (χ0v) is 25.8. The SMILES string of the molecule is C.CCc1cc2c(cc1CC)CC([NH2+]C[C@H](O)c1ccc(OCc3ccccc3)c3[nH]c(=O)ccc13)C2.O=C([O-])c1ccccc1. The maximum atomic E-state index is 12.1. The van der Waals surface area contributed by atoms with Crippen molar-refractivity contribution in [3.63, 3.8) is 0 Å². The molecule has 46 heavy (non-hydrogen) atoms. The summed E-state index contributed by atoms with van der Waals surface area (Å²) in [6.45, 7) is 5.43. The van der Waals surface area contributed by atoms with Gasteiger partial charge in [0.15, 0.2) is 0 Å². The number of carboxylic acid groups (broad SMARTS) is 1. The van der Waals surface area contributed by atoms with E-state index in [9.17, 15) is 19.8 Å². The lowest BCUT2D eigenvalue weighted by atomic mass is 9.97. The summed E-state index contributed by atoms with van der Waals surface area (Å²) in [6.07, 6.45) is 3.58. The Morgan fingerprint density at radius 3 is 2.09 bits per heavy atom. The number of fused-ring (bicyclic) bond motifs is 2. The molecule has 1 aliphatic rings. The van der Waals surface area contributed by atoms with E-state index in [4.69, 9.17) is 4.74 Å². The number of nitrogens with two attached hydrogens (primary N) is 1. The number of rotatable bonds is 10. The van der Waals surface area contributed by atoms with Crippen molar-refractivity contribution >= 4 is 16.9 Å². The number of carboxylic acids is 1. The third-order valence-corrected chi connectivity index (χ3v) is 8.44. The molecule has 4 aromatic carbocycles. The fourth-order valence-corrected chi connectivity index (χ4v) is 6.05. The number of aromatic amines is 1. The number of nitrogens with one attached hydrogen (secondary N) is 1. The van der Waals surface area contributed by atoms with Crippen LogP contribution in [0.15, 0.2) is 102 Å². The van der Waals surface area contributed by atoms with Crippen LogP contribution in [0.3, 0.4) is 0 Å². The molecule has 5 aromatic rings. The molecule has 0 amide bonds. The van der Waals surface area contributed by atoms with Crippen molar-refractivity contribution < 1.29 is 25.1 Å². The molecule has 0 saturated carbocycles. The molecule has 0 unspecified atom stereocenters. The minimum atomic E-state index is -1.13. The molecule has 240 valence electrons. The second kappa shape index (κ2) is 16.0. The number of quaternary nitrogens is 1. The van der Waals surface area contributed by atoms with Crippen LogP contribution >= 0.6 is 0 Å². The maximum absolute atomic E-state index is 12.1. The van der Waals surface area contributed by atoms with Gasteiger partial charge in [-0.05, 0) is 63.9 Å². The van der Waals surface area contributed by atoms with E-state index in [2.05, 4.69) is 36.3 Å². The number of aromatic carboxylic acids is 1. The largest absolute Gasteiger partial charge is 0.545 e. The molecule has 1 heterocycles. The summed E-state index contributed by atoms with van der Waals surface area (Å²) in [5, 5.41) is 24.3. The lowest BCUT2D eigenvalue weighted by Crippen LogP contribution is -2.91. The quantitative estimate of drug-likeness (QED) is 0.210. The third-order valence-electron chi connectivity index (χ3n) is 8.44. The fourth-order valence-electron chi connectivity index (χ4n) is 6.05. The van der Waals surface area contributed by atoms with Gasteiger partial charge in [-0.25, -0.2) is 0 Å². The van der Waals surface area contributed by atoms with Gasteiger partial charge in [0.25, 0.3) is 0 Å². The molecule has 0 aliphatic heterocycles. The van der Waals surface area contributed by atoms with Gasteiger partial charge in [-0.15, -0.1) is 0 Å². The molecule has 0 saturated heterocycles. The lowest BCUT2D eigenvalue weighted by Gasteiger charge is -2.17. The van der Waals surface area contributed by atoms with Crippen molar-refractivity contribution in [2.75, 3.05) is 6.54 Å². The average Bonchev–Trinajstić information content (AvgIpc) is 3.48. The van der Waals surface area contributed by atoms with Gasteiger partial charge in [-0.2, -0.15) is 0 Å². The third kappa shape index (κ3) is 8.30. The van der Waals surface area contributed by atoms with Gasteiger partial charge >= 0.3 is 0 Å². The molecule has 0 spiro atoms. The number of hydrogen-bond acceptors (Lipinski definition) is 5. The van der Waals surface area contributed by atoms with Crippen LogP contribution in [0.4, 0.5) is 0 Å². The predicted octanol–water partition coefficient (Wildman–Crippen LogP) is 4.68. The number of benzene rings is 4. The highest BCUT2D eigenvalue weighted by Gasteiger charge is 2.26. The van der Waals surface area contributed by atoms with E-state index in [-0.39, 0.29) is 18.5 Å². The summed E-state index contributed by atoms with van der Waals surface area (Å²) >= 11 is 0. The zero-order valence-electron chi connectivity index (χ0n) is 25.8. The lowest BCUT2D eigenvalue weighted by molar-refractivity contribution is -0.693. The Morgan fingerprint density at radius 1 is 0.913 bits per heavy atom. The van der Waals surface area contributed by atoms with Crippen molar-refractivity contribution in [1.29, 1.82) is 0 Å². The fraction of sp³-hybridized carbons (Fsp3) is 0.282. The highest BCUT2D eigenvalue weighted by Crippen LogP contribution is 2.30. The molecule has 7 nitrogen and oxygen atoms in total. The molecule has 1 aromatic heterocycles. The van der Waals surface area contributed by atoms with Crippen LogP contribution in [-0.4, -0.2) is 28.6 Å². The molecule has 7 heteroatoms. The van der Waals surface area contributed by atoms with E-state index in [0.29, 0.717) is 30.5 Å². The zero-order chi connectivity index (χ0) is 31.8. The van der Waals surface area contributed by atoms with Crippen molar-refractivity contribution in [3.8, 4) is 5.75 Å². The molecular weight excluding hydrogens is 576 g/mol. The number of carbonyl (C=O) groups is 1. The summed E-state index contributed by atoms with van der Waals surface area (Å²) in [4.78, 5) is 25.1. The van der Waals surface area contributed by atoms with E-state index < -0.39 is 12.1 Å². The Bertz CT molecular complexity index is 1770. The summed E-state index contributed by atoms with van der Waals surface area (Å²) < 4.78 is 6.05. The van der Waals surface area contributed by atoms with E-state index in [1.807, 2.05) is 42.5 Å². The van der Waals surface area contributed by atoms with Crippen LogP contribution in [0.1, 0.15) is 71.1 Å².